The number of nitrogens with zero attached hydrogens (tertiary/aromatic N) is 3. The highest BCUT2D eigenvalue weighted by atomic mass is 16.3. The monoisotopic (exact) mass is 351 g/mol. The number of likely N-dealkylation sites (tertiary alicyclic amines) is 1. The summed E-state index contributed by atoms with van der Waals surface area (Å²) in [7, 11) is 0. The lowest BCUT2D eigenvalue weighted by Gasteiger charge is -2.31. The lowest BCUT2D eigenvalue weighted by molar-refractivity contribution is -0.133. The number of para-hydroxylation sites is 2. The Morgan fingerprint density at radius 1 is 1.31 bits per heavy atom. The standard InChI is InChI=1S/C20H21N3O3/c1-14-8-10-23(18(24)11-14)13-19(25)22-9-4-5-15(12-22)20-21-16-6-2-3-7-17(16)26-20/h2-3,6-8,10-11,15H,4-5,9,12-13H2,1H3. The van der Waals surface area contributed by atoms with Crippen LogP contribution in [0.2, 0.25) is 0 Å². The molecule has 6 nitrogen and oxygen atoms in total. The first-order valence-corrected chi connectivity index (χ1v) is 8.90. The van der Waals surface area contributed by atoms with Crippen LogP contribution in [0.1, 0.15) is 30.2 Å². The second-order valence-electron chi connectivity index (χ2n) is 6.87. The fourth-order valence-corrected chi connectivity index (χ4v) is 3.45. The van der Waals surface area contributed by atoms with Crippen molar-refractivity contribution < 1.29 is 9.21 Å². The van der Waals surface area contributed by atoms with E-state index in [0.29, 0.717) is 19.0 Å². The molecule has 1 unspecified atom stereocenters. The molecule has 3 aromatic rings. The average Bonchev–Trinajstić information content (AvgIpc) is 3.08. The van der Waals surface area contributed by atoms with Crippen molar-refractivity contribution in [1.29, 1.82) is 0 Å². The number of hydrogen-bond donors (Lipinski definition) is 0. The van der Waals surface area contributed by atoms with Crippen LogP contribution < -0.4 is 5.56 Å². The van der Waals surface area contributed by atoms with Crippen LogP contribution in [0.25, 0.3) is 11.1 Å². The minimum Gasteiger partial charge on any atom is -0.440 e. The van der Waals surface area contributed by atoms with Crippen LogP contribution in [0.4, 0.5) is 0 Å². The van der Waals surface area contributed by atoms with Gasteiger partial charge in [-0.25, -0.2) is 4.98 Å². The van der Waals surface area contributed by atoms with Gasteiger partial charge in [-0.2, -0.15) is 0 Å². The number of pyridine rings is 1. The van der Waals surface area contributed by atoms with Crippen molar-refractivity contribution in [1.82, 2.24) is 14.5 Å². The van der Waals surface area contributed by atoms with Gasteiger partial charge in [-0.05, 0) is 43.5 Å². The number of carbonyl (C=O) groups excluding carboxylic acids is 1. The highest BCUT2D eigenvalue weighted by Gasteiger charge is 2.28. The predicted molar refractivity (Wildman–Crippen MR) is 98.0 cm³/mol. The van der Waals surface area contributed by atoms with Crippen LogP contribution >= 0.6 is 0 Å². The smallest absolute Gasteiger partial charge is 0.251 e. The number of aromatic nitrogens is 2. The molecule has 2 aromatic heterocycles. The summed E-state index contributed by atoms with van der Waals surface area (Å²) in [6, 6.07) is 11.1. The van der Waals surface area contributed by atoms with Crippen LogP contribution in [-0.4, -0.2) is 33.4 Å². The van der Waals surface area contributed by atoms with Crippen molar-refractivity contribution in [3.63, 3.8) is 0 Å². The van der Waals surface area contributed by atoms with Crippen molar-refractivity contribution >= 4 is 17.0 Å². The molecule has 26 heavy (non-hydrogen) atoms. The normalized spacial score (nSPS) is 17.6. The van der Waals surface area contributed by atoms with Crippen LogP contribution in [0.3, 0.4) is 0 Å². The lowest BCUT2D eigenvalue weighted by Crippen LogP contribution is -2.42. The molecule has 0 saturated carbocycles. The van der Waals surface area contributed by atoms with Crippen molar-refractivity contribution in [2.24, 2.45) is 0 Å². The van der Waals surface area contributed by atoms with Gasteiger partial charge in [0.25, 0.3) is 5.56 Å². The number of hydrogen-bond acceptors (Lipinski definition) is 4. The predicted octanol–water partition coefficient (Wildman–Crippen LogP) is 2.70. The van der Waals surface area contributed by atoms with Gasteiger partial charge in [-0.15, -0.1) is 0 Å². The first-order valence-electron chi connectivity index (χ1n) is 8.90. The minimum absolute atomic E-state index is 0.0447. The van der Waals surface area contributed by atoms with Crippen LogP contribution in [-0.2, 0) is 11.3 Å². The van der Waals surface area contributed by atoms with Crippen molar-refractivity contribution in [2.45, 2.75) is 32.2 Å². The molecular formula is C20H21N3O3. The Morgan fingerprint density at radius 2 is 2.15 bits per heavy atom. The molecule has 1 aliphatic rings. The first-order chi connectivity index (χ1) is 12.6. The maximum absolute atomic E-state index is 12.7. The highest BCUT2D eigenvalue weighted by Crippen LogP contribution is 2.29. The van der Waals surface area contributed by atoms with Gasteiger partial charge in [0, 0.05) is 25.4 Å². The zero-order valence-corrected chi connectivity index (χ0v) is 14.7. The number of aryl methyl sites for hydroxylation is 1. The summed E-state index contributed by atoms with van der Waals surface area (Å²) in [5, 5.41) is 0. The number of oxazole rings is 1. The van der Waals surface area contributed by atoms with E-state index in [0.717, 1.165) is 29.5 Å². The molecule has 1 saturated heterocycles. The number of rotatable bonds is 3. The average molecular weight is 351 g/mol. The van der Waals surface area contributed by atoms with E-state index >= 15 is 0 Å². The van der Waals surface area contributed by atoms with Gasteiger partial charge in [0.2, 0.25) is 5.91 Å². The molecule has 0 aliphatic carbocycles. The second kappa shape index (κ2) is 6.78. The first kappa shape index (κ1) is 16.6. The number of carbonyl (C=O) groups is 1. The molecule has 6 heteroatoms. The minimum atomic E-state index is -0.147. The molecule has 4 rings (SSSR count). The number of piperidine rings is 1. The van der Waals surface area contributed by atoms with E-state index in [2.05, 4.69) is 4.98 Å². The Morgan fingerprint density at radius 3 is 2.96 bits per heavy atom. The molecule has 1 aliphatic heterocycles. The third-order valence-electron chi connectivity index (χ3n) is 4.89. The Kier molecular flexibility index (Phi) is 4.32. The Labute approximate surface area is 151 Å². The summed E-state index contributed by atoms with van der Waals surface area (Å²) in [4.78, 5) is 31.1. The van der Waals surface area contributed by atoms with Gasteiger partial charge in [-0.1, -0.05) is 12.1 Å². The van der Waals surface area contributed by atoms with Crippen molar-refractivity contribution in [3.05, 3.63) is 64.4 Å². The topological polar surface area (TPSA) is 68.3 Å². The largest absolute Gasteiger partial charge is 0.440 e. The van der Waals surface area contributed by atoms with E-state index in [1.54, 1.807) is 12.3 Å². The molecule has 0 spiro atoms. The van der Waals surface area contributed by atoms with Gasteiger partial charge < -0.3 is 13.9 Å². The van der Waals surface area contributed by atoms with Crippen LogP contribution in [0.15, 0.2) is 51.8 Å². The maximum atomic E-state index is 12.7. The molecule has 3 heterocycles. The van der Waals surface area contributed by atoms with Crippen molar-refractivity contribution in [2.75, 3.05) is 13.1 Å². The zero-order valence-electron chi connectivity index (χ0n) is 14.7. The SMILES string of the molecule is Cc1ccn(CC(=O)N2CCCC(c3nc4ccccc4o3)C2)c(=O)c1. The van der Waals surface area contributed by atoms with Crippen LogP contribution in [0.5, 0.6) is 0 Å². The van der Waals surface area contributed by atoms with Crippen molar-refractivity contribution in [3.8, 4) is 0 Å². The van der Waals surface area contributed by atoms with Gasteiger partial charge in [0.15, 0.2) is 11.5 Å². The third-order valence-corrected chi connectivity index (χ3v) is 4.89. The fraction of sp³-hybridized carbons (Fsp3) is 0.350. The summed E-state index contributed by atoms with van der Waals surface area (Å²) in [6.45, 7) is 3.21. The van der Waals surface area contributed by atoms with E-state index in [-0.39, 0.29) is 23.9 Å². The summed E-state index contributed by atoms with van der Waals surface area (Å²) in [5.41, 5.74) is 2.37. The number of fused-ring (bicyclic) bond motifs is 1. The fourth-order valence-electron chi connectivity index (χ4n) is 3.45. The van der Waals surface area contributed by atoms with Gasteiger partial charge in [-0.3, -0.25) is 9.59 Å². The molecule has 1 fully saturated rings. The van der Waals surface area contributed by atoms with E-state index < -0.39 is 0 Å². The molecular weight excluding hydrogens is 330 g/mol. The Hall–Kier alpha value is -2.89. The summed E-state index contributed by atoms with van der Waals surface area (Å²) < 4.78 is 7.34. The lowest BCUT2D eigenvalue weighted by atomic mass is 9.98. The van der Waals surface area contributed by atoms with Gasteiger partial charge in [0.05, 0.1) is 5.92 Å². The zero-order chi connectivity index (χ0) is 18.1. The molecule has 1 aromatic carbocycles. The quantitative estimate of drug-likeness (QED) is 0.728. The highest BCUT2D eigenvalue weighted by molar-refractivity contribution is 5.76. The molecule has 0 radical (unpaired) electrons. The molecule has 0 N–H and O–H groups in total. The Balaban J connectivity index is 1.49. The van der Waals surface area contributed by atoms with Gasteiger partial charge >= 0.3 is 0 Å². The van der Waals surface area contributed by atoms with Gasteiger partial charge in [0.1, 0.15) is 12.1 Å². The molecule has 134 valence electrons. The summed E-state index contributed by atoms with van der Waals surface area (Å²) in [6.07, 6.45) is 3.52. The van der Waals surface area contributed by atoms with Crippen LogP contribution in [0, 0.1) is 6.92 Å². The van der Waals surface area contributed by atoms with E-state index in [9.17, 15) is 9.59 Å². The third kappa shape index (κ3) is 3.27. The van der Waals surface area contributed by atoms with E-state index in [4.69, 9.17) is 4.42 Å². The molecule has 1 amide bonds. The second-order valence-corrected chi connectivity index (χ2v) is 6.87. The number of benzene rings is 1. The maximum Gasteiger partial charge on any atom is 0.251 e. The number of amides is 1. The Bertz CT molecular complexity index is 972. The summed E-state index contributed by atoms with van der Waals surface area (Å²) >= 11 is 0. The van der Waals surface area contributed by atoms with E-state index in [1.807, 2.05) is 42.2 Å². The summed E-state index contributed by atoms with van der Waals surface area (Å²) in [5.74, 6) is 0.739. The van der Waals surface area contributed by atoms with E-state index in [1.165, 1.54) is 4.57 Å². The molecule has 1 atom stereocenters. The molecule has 0 bridgehead atoms.